The molecular formula is C15H17N3O2. The number of hydrogen-bond donors (Lipinski definition) is 2. The number of carbonyl (C=O) groups excluding carboxylic acids is 1. The summed E-state index contributed by atoms with van der Waals surface area (Å²) in [6, 6.07) is 9.19. The number of hydrogen-bond acceptors (Lipinski definition) is 3. The molecule has 1 aromatic carbocycles. The van der Waals surface area contributed by atoms with Crippen molar-refractivity contribution in [2.45, 2.75) is 25.5 Å². The predicted octanol–water partition coefficient (Wildman–Crippen LogP) is 1.12. The summed E-state index contributed by atoms with van der Waals surface area (Å²) in [5.74, 6) is -0.214. The van der Waals surface area contributed by atoms with Crippen LogP contribution in [0, 0.1) is 6.92 Å². The largest absolute Gasteiger partial charge is 0.390 e. The van der Waals surface area contributed by atoms with Gasteiger partial charge in [0.15, 0.2) is 0 Å². The lowest BCUT2D eigenvalue weighted by atomic mass is 10.1. The van der Waals surface area contributed by atoms with E-state index in [0.717, 1.165) is 16.8 Å². The molecule has 2 N–H and O–H groups in total. The fraction of sp³-hybridized carbons (Fsp3) is 0.333. The zero-order valence-corrected chi connectivity index (χ0v) is 11.5. The normalized spacial score (nSPS) is 20.8. The SMILES string of the molecule is Cc1cc(C(=O)N[C@@H]2c3ccccc3C[C@@H]2O)n(C)n1. The van der Waals surface area contributed by atoms with Gasteiger partial charge in [-0.15, -0.1) is 0 Å². The average Bonchev–Trinajstić information content (AvgIpc) is 2.90. The summed E-state index contributed by atoms with van der Waals surface area (Å²) >= 11 is 0. The first kappa shape index (κ1) is 12.9. The van der Waals surface area contributed by atoms with Gasteiger partial charge in [-0.1, -0.05) is 24.3 Å². The van der Waals surface area contributed by atoms with Gasteiger partial charge in [-0.25, -0.2) is 0 Å². The first-order valence-electron chi connectivity index (χ1n) is 6.63. The highest BCUT2D eigenvalue weighted by Gasteiger charge is 2.32. The standard InChI is InChI=1S/C15H17N3O2/c1-9-7-12(18(2)17-9)15(20)16-14-11-6-4-3-5-10(11)8-13(14)19/h3-7,13-14,19H,8H2,1-2H3,(H,16,20)/t13-,14+/m0/s1. The van der Waals surface area contributed by atoms with Gasteiger partial charge < -0.3 is 10.4 Å². The monoisotopic (exact) mass is 271 g/mol. The van der Waals surface area contributed by atoms with Crippen LogP contribution in [0.5, 0.6) is 0 Å². The summed E-state index contributed by atoms with van der Waals surface area (Å²) in [4.78, 5) is 12.3. The second-order valence-electron chi connectivity index (χ2n) is 5.22. The quantitative estimate of drug-likeness (QED) is 0.860. The van der Waals surface area contributed by atoms with Crippen LogP contribution >= 0.6 is 0 Å². The number of fused-ring (bicyclic) bond motifs is 1. The van der Waals surface area contributed by atoms with Crippen molar-refractivity contribution in [3.63, 3.8) is 0 Å². The number of carbonyl (C=O) groups is 1. The van der Waals surface area contributed by atoms with Crippen molar-refractivity contribution >= 4 is 5.91 Å². The van der Waals surface area contributed by atoms with Gasteiger partial charge in [-0.05, 0) is 24.1 Å². The number of aryl methyl sites for hydroxylation is 2. The van der Waals surface area contributed by atoms with E-state index in [4.69, 9.17) is 0 Å². The number of aromatic nitrogens is 2. The van der Waals surface area contributed by atoms with Gasteiger partial charge in [0, 0.05) is 13.5 Å². The fourth-order valence-corrected chi connectivity index (χ4v) is 2.79. The lowest BCUT2D eigenvalue weighted by molar-refractivity contribution is 0.0849. The first-order chi connectivity index (χ1) is 9.56. The molecule has 1 amide bonds. The summed E-state index contributed by atoms with van der Waals surface area (Å²) < 4.78 is 1.55. The molecule has 0 saturated heterocycles. The molecule has 0 bridgehead atoms. The van der Waals surface area contributed by atoms with E-state index in [9.17, 15) is 9.90 Å². The number of benzene rings is 1. The average molecular weight is 271 g/mol. The van der Waals surface area contributed by atoms with Crippen LogP contribution in [-0.2, 0) is 13.5 Å². The molecule has 0 unspecified atom stereocenters. The molecule has 0 fully saturated rings. The molecule has 1 aromatic heterocycles. The Morgan fingerprint density at radius 1 is 1.45 bits per heavy atom. The van der Waals surface area contributed by atoms with Crippen molar-refractivity contribution < 1.29 is 9.90 Å². The van der Waals surface area contributed by atoms with Crippen LogP contribution in [0.25, 0.3) is 0 Å². The molecule has 5 nitrogen and oxygen atoms in total. The number of nitrogens with one attached hydrogen (secondary N) is 1. The van der Waals surface area contributed by atoms with Crippen LogP contribution in [0.15, 0.2) is 30.3 Å². The van der Waals surface area contributed by atoms with Crippen molar-refractivity contribution in [3.8, 4) is 0 Å². The third-order valence-corrected chi connectivity index (χ3v) is 3.73. The molecule has 3 rings (SSSR count). The van der Waals surface area contributed by atoms with Gasteiger partial charge in [0.05, 0.1) is 17.8 Å². The lowest BCUT2D eigenvalue weighted by Crippen LogP contribution is -2.34. The van der Waals surface area contributed by atoms with Crippen LogP contribution in [-0.4, -0.2) is 26.9 Å². The fourth-order valence-electron chi connectivity index (χ4n) is 2.79. The van der Waals surface area contributed by atoms with E-state index >= 15 is 0 Å². The lowest BCUT2D eigenvalue weighted by Gasteiger charge is -2.17. The summed E-state index contributed by atoms with van der Waals surface area (Å²) in [5, 5.41) is 17.2. The minimum atomic E-state index is -0.578. The Kier molecular flexibility index (Phi) is 3.06. The third kappa shape index (κ3) is 2.10. The predicted molar refractivity (Wildman–Crippen MR) is 74.3 cm³/mol. The zero-order chi connectivity index (χ0) is 14.3. The molecule has 1 heterocycles. The van der Waals surface area contributed by atoms with Crippen LogP contribution in [0.2, 0.25) is 0 Å². The van der Waals surface area contributed by atoms with Crippen LogP contribution in [0.4, 0.5) is 0 Å². The Bertz CT molecular complexity index is 663. The maximum atomic E-state index is 12.3. The van der Waals surface area contributed by atoms with E-state index in [0.29, 0.717) is 12.1 Å². The van der Waals surface area contributed by atoms with E-state index in [-0.39, 0.29) is 11.9 Å². The van der Waals surface area contributed by atoms with Gasteiger partial charge in [0.25, 0.3) is 5.91 Å². The van der Waals surface area contributed by atoms with Gasteiger partial charge in [-0.3, -0.25) is 9.48 Å². The number of nitrogens with zero attached hydrogens (tertiary/aromatic N) is 2. The molecule has 2 aromatic rings. The highest BCUT2D eigenvalue weighted by atomic mass is 16.3. The van der Waals surface area contributed by atoms with Crippen LogP contribution < -0.4 is 5.32 Å². The molecule has 0 aliphatic heterocycles. The molecule has 0 saturated carbocycles. The molecule has 1 aliphatic carbocycles. The Balaban J connectivity index is 1.85. The molecule has 2 atom stereocenters. The highest BCUT2D eigenvalue weighted by molar-refractivity contribution is 5.93. The third-order valence-electron chi connectivity index (χ3n) is 3.73. The molecular weight excluding hydrogens is 254 g/mol. The molecule has 20 heavy (non-hydrogen) atoms. The van der Waals surface area contributed by atoms with E-state index in [1.54, 1.807) is 17.8 Å². The van der Waals surface area contributed by atoms with Gasteiger partial charge in [-0.2, -0.15) is 5.10 Å². The summed E-state index contributed by atoms with van der Waals surface area (Å²) in [5.41, 5.74) is 3.38. The number of aliphatic hydroxyl groups excluding tert-OH is 1. The van der Waals surface area contributed by atoms with Crippen LogP contribution in [0.1, 0.15) is 33.4 Å². The Labute approximate surface area is 117 Å². The zero-order valence-electron chi connectivity index (χ0n) is 11.5. The summed E-state index contributed by atoms with van der Waals surface area (Å²) in [6.07, 6.45) is -0.00314. The molecule has 5 heteroatoms. The van der Waals surface area contributed by atoms with Crippen molar-refractivity contribution in [2.75, 3.05) is 0 Å². The van der Waals surface area contributed by atoms with Gasteiger partial charge in [0.2, 0.25) is 0 Å². The van der Waals surface area contributed by atoms with Crippen molar-refractivity contribution in [1.82, 2.24) is 15.1 Å². The number of rotatable bonds is 2. The molecule has 104 valence electrons. The Morgan fingerprint density at radius 3 is 2.90 bits per heavy atom. The maximum Gasteiger partial charge on any atom is 0.270 e. The van der Waals surface area contributed by atoms with E-state index in [1.165, 1.54) is 0 Å². The second-order valence-corrected chi connectivity index (χ2v) is 5.22. The second kappa shape index (κ2) is 4.76. The number of amides is 1. The first-order valence-corrected chi connectivity index (χ1v) is 6.63. The van der Waals surface area contributed by atoms with Crippen molar-refractivity contribution in [1.29, 1.82) is 0 Å². The summed E-state index contributed by atoms with van der Waals surface area (Å²) in [6.45, 7) is 1.84. The van der Waals surface area contributed by atoms with Crippen molar-refractivity contribution in [2.24, 2.45) is 7.05 Å². The van der Waals surface area contributed by atoms with E-state index in [2.05, 4.69) is 10.4 Å². The molecule has 1 aliphatic rings. The van der Waals surface area contributed by atoms with Gasteiger partial charge >= 0.3 is 0 Å². The maximum absolute atomic E-state index is 12.3. The van der Waals surface area contributed by atoms with Gasteiger partial charge in [0.1, 0.15) is 5.69 Å². The minimum absolute atomic E-state index is 0.214. The number of aliphatic hydroxyl groups is 1. The molecule has 0 radical (unpaired) electrons. The Hall–Kier alpha value is -2.14. The molecule has 0 spiro atoms. The topological polar surface area (TPSA) is 67.2 Å². The van der Waals surface area contributed by atoms with Crippen LogP contribution in [0.3, 0.4) is 0 Å². The Morgan fingerprint density at radius 2 is 2.20 bits per heavy atom. The van der Waals surface area contributed by atoms with E-state index in [1.807, 2.05) is 31.2 Å². The van der Waals surface area contributed by atoms with Crippen molar-refractivity contribution in [3.05, 3.63) is 52.8 Å². The summed E-state index contributed by atoms with van der Waals surface area (Å²) in [7, 11) is 1.74. The minimum Gasteiger partial charge on any atom is -0.390 e. The smallest absolute Gasteiger partial charge is 0.270 e. The highest BCUT2D eigenvalue weighted by Crippen LogP contribution is 2.31. The van der Waals surface area contributed by atoms with E-state index < -0.39 is 6.10 Å².